The normalized spacial score (nSPS) is 20.1. The highest BCUT2D eigenvalue weighted by Gasteiger charge is 2.25. The lowest BCUT2D eigenvalue weighted by Crippen LogP contribution is -2.37. The number of benzene rings is 1. The van der Waals surface area contributed by atoms with Crippen LogP contribution in [0, 0.1) is 11.7 Å². The average Bonchev–Trinajstić information content (AvgIpc) is 2.92. The summed E-state index contributed by atoms with van der Waals surface area (Å²) >= 11 is 0. The molecule has 3 nitrogen and oxygen atoms in total. The van der Waals surface area contributed by atoms with Crippen molar-refractivity contribution in [2.75, 3.05) is 13.2 Å². The Morgan fingerprint density at radius 2 is 2.10 bits per heavy atom. The molecular weight excluding hydrogens is 257 g/mol. The van der Waals surface area contributed by atoms with E-state index in [2.05, 4.69) is 5.32 Å². The topological polar surface area (TPSA) is 38.3 Å². The number of carbonyl (C=O) groups excluding carboxylic acids is 1. The molecule has 4 heteroatoms. The molecule has 1 amide bonds. The summed E-state index contributed by atoms with van der Waals surface area (Å²) in [4.78, 5) is 12.4. The minimum absolute atomic E-state index is 0.0119. The van der Waals surface area contributed by atoms with Gasteiger partial charge < -0.3 is 10.1 Å². The van der Waals surface area contributed by atoms with Gasteiger partial charge in [-0.2, -0.15) is 0 Å². The number of amides is 1. The van der Waals surface area contributed by atoms with Crippen molar-refractivity contribution in [3.05, 3.63) is 35.6 Å². The molecule has 2 atom stereocenters. The highest BCUT2D eigenvalue weighted by molar-refractivity contribution is 5.83. The standard InChI is InChI=1S/C16H22FNO2/c1-11(2)15(12-5-7-13(17)8-6-12)16(19)18-10-14-4-3-9-20-14/h5-8,11,14-15H,3-4,9-10H2,1-2H3,(H,18,19). The fourth-order valence-corrected chi connectivity index (χ4v) is 2.64. The molecule has 1 aliphatic rings. The van der Waals surface area contributed by atoms with E-state index in [0.29, 0.717) is 6.54 Å². The molecule has 0 aliphatic carbocycles. The largest absolute Gasteiger partial charge is 0.376 e. The van der Waals surface area contributed by atoms with Gasteiger partial charge in [-0.3, -0.25) is 4.79 Å². The zero-order valence-corrected chi connectivity index (χ0v) is 12.1. The van der Waals surface area contributed by atoms with Crippen LogP contribution in [0.4, 0.5) is 4.39 Å². The minimum atomic E-state index is -0.281. The van der Waals surface area contributed by atoms with E-state index in [0.717, 1.165) is 25.0 Å². The number of halogens is 1. The van der Waals surface area contributed by atoms with E-state index in [-0.39, 0.29) is 29.7 Å². The molecule has 1 N–H and O–H groups in total. The Bertz CT molecular complexity index is 438. The smallest absolute Gasteiger partial charge is 0.227 e. The molecule has 0 saturated carbocycles. The molecule has 0 bridgehead atoms. The van der Waals surface area contributed by atoms with Crippen molar-refractivity contribution in [2.24, 2.45) is 5.92 Å². The minimum Gasteiger partial charge on any atom is -0.376 e. The molecule has 20 heavy (non-hydrogen) atoms. The molecule has 0 aromatic heterocycles. The van der Waals surface area contributed by atoms with Gasteiger partial charge in [0.1, 0.15) is 5.82 Å². The average molecular weight is 279 g/mol. The lowest BCUT2D eigenvalue weighted by molar-refractivity contribution is -0.124. The van der Waals surface area contributed by atoms with E-state index in [1.165, 1.54) is 12.1 Å². The summed E-state index contributed by atoms with van der Waals surface area (Å²) in [5, 5.41) is 2.96. The fourth-order valence-electron chi connectivity index (χ4n) is 2.64. The van der Waals surface area contributed by atoms with Gasteiger partial charge in [0, 0.05) is 13.2 Å². The van der Waals surface area contributed by atoms with E-state index < -0.39 is 0 Å². The lowest BCUT2D eigenvalue weighted by Gasteiger charge is -2.21. The van der Waals surface area contributed by atoms with Gasteiger partial charge in [-0.15, -0.1) is 0 Å². The zero-order valence-electron chi connectivity index (χ0n) is 12.1. The number of hydrogen-bond donors (Lipinski definition) is 1. The van der Waals surface area contributed by atoms with E-state index >= 15 is 0 Å². The van der Waals surface area contributed by atoms with Crippen LogP contribution >= 0.6 is 0 Å². The number of carbonyl (C=O) groups is 1. The van der Waals surface area contributed by atoms with Crippen LogP contribution in [0.25, 0.3) is 0 Å². The molecule has 1 saturated heterocycles. The van der Waals surface area contributed by atoms with Crippen molar-refractivity contribution in [3.8, 4) is 0 Å². The van der Waals surface area contributed by atoms with Crippen LogP contribution in [-0.4, -0.2) is 25.2 Å². The van der Waals surface area contributed by atoms with Gasteiger partial charge in [0.25, 0.3) is 0 Å². The summed E-state index contributed by atoms with van der Waals surface area (Å²) in [5.41, 5.74) is 0.853. The van der Waals surface area contributed by atoms with Crippen LogP contribution in [0.3, 0.4) is 0 Å². The molecule has 0 spiro atoms. The number of hydrogen-bond acceptors (Lipinski definition) is 2. The Balaban J connectivity index is 2.00. The third-order valence-electron chi connectivity index (χ3n) is 3.71. The molecule has 2 unspecified atom stereocenters. The van der Waals surface area contributed by atoms with Crippen molar-refractivity contribution in [2.45, 2.75) is 38.7 Å². The first-order chi connectivity index (χ1) is 9.58. The quantitative estimate of drug-likeness (QED) is 0.900. The van der Waals surface area contributed by atoms with E-state index in [4.69, 9.17) is 4.74 Å². The van der Waals surface area contributed by atoms with Crippen LogP contribution in [-0.2, 0) is 9.53 Å². The van der Waals surface area contributed by atoms with Crippen LogP contribution < -0.4 is 5.32 Å². The van der Waals surface area contributed by atoms with E-state index in [9.17, 15) is 9.18 Å². The summed E-state index contributed by atoms with van der Waals surface area (Å²) in [5.74, 6) is -0.389. The third-order valence-corrected chi connectivity index (χ3v) is 3.71. The van der Waals surface area contributed by atoms with Gasteiger partial charge in [-0.1, -0.05) is 26.0 Å². The predicted octanol–water partition coefficient (Wildman–Crippen LogP) is 2.86. The summed E-state index contributed by atoms with van der Waals surface area (Å²) < 4.78 is 18.5. The van der Waals surface area contributed by atoms with Crippen LogP contribution in [0.5, 0.6) is 0 Å². The fraction of sp³-hybridized carbons (Fsp3) is 0.562. The van der Waals surface area contributed by atoms with Gasteiger partial charge >= 0.3 is 0 Å². The summed E-state index contributed by atoms with van der Waals surface area (Å²) in [6.07, 6.45) is 2.20. The maximum absolute atomic E-state index is 13.0. The second-order valence-electron chi connectivity index (χ2n) is 5.65. The zero-order chi connectivity index (χ0) is 14.5. The molecule has 1 aromatic rings. The van der Waals surface area contributed by atoms with Gasteiger partial charge in [0.2, 0.25) is 5.91 Å². The van der Waals surface area contributed by atoms with E-state index in [1.807, 2.05) is 13.8 Å². The number of rotatable bonds is 5. The van der Waals surface area contributed by atoms with Crippen LogP contribution in [0.1, 0.15) is 38.2 Å². The van der Waals surface area contributed by atoms with Crippen molar-refractivity contribution >= 4 is 5.91 Å². The second kappa shape index (κ2) is 6.84. The SMILES string of the molecule is CC(C)C(C(=O)NCC1CCCO1)c1ccc(F)cc1. The highest BCUT2D eigenvalue weighted by atomic mass is 19.1. The molecule has 0 radical (unpaired) electrons. The van der Waals surface area contributed by atoms with Gasteiger partial charge in [0.05, 0.1) is 12.0 Å². The molecule has 1 aromatic carbocycles. The Morgan fingerprint density at radius 1 is 1.40 bits per heavy atom. The first-order valence-electron chi connectivity index (χ1n) is 7.22. The molecule has 2 rings (SSSR count). The van der Waals surface area contributed by atoms with Gasteiger partial charge in [-0.25, -0.2) is 4.39 Å². The summed E-state index contributed by atoms with van der Waals surface area (Å²) in [7, 11) is 0. The maximum Gasteiger partial charge on any atom is 0.227 e. The predicted molar refractivity (Wildman–Crippen MR) is 76.0 cm³/mol. The van der Waals surface area contributed by atoms with Gasteiger partial charge in [-0.05, 0) is 36.5 Å². The van der Waals surface area contributed by atoms with Gasteiger partial charge in [0.15, 0.2) is 0 Å². The Kier molecular flexibility index (Phi) is 5.12. The molecule has 1 aliphatic heterocycles. The second-order valence-corrected chi connectivity index (χ2v) is 5.65. The van der Waals surface area contributed by atoms with Crippen LogP contribution in [0.15, 0.2) is 24.3 Å². The highest BCUT2D eigenvalue weighted by Crippen LogP contribution is 2.25. The van der Waals surface area contributed by atoms with Crippen molar-refractivity contribution < 1.29 is 13.9 Å². The Labute approximate surface area is 119 Å². The Hall–Kier alpha value is -1.42. The molecule has 1 fully saturated rings. The Morgan fingerprint density at radius 3 is 2.65 bits per heavy atom. The summed E-state index contributed by atoms with van der Waals surface area (Å²) in [6.45, 7) is 5.34. The van der Waals surface area contributed by atoms with Crippen molar-refractivity contribution in [1.82, 2.24) is 5.32 Å². The molecular formula is C16H22FNO2. The monoisotopic (exact) mass is 279 g/mol. The molecule has 110 valence electrons. The number of ether oxygens (including phenoxy) is 1. The van der Waals surface area contributed by atoms with Crippen molar-refractivity contribution in [3.63, 3.8) is 0 Å². The first-order valence-corrected chi connectivity index (χ1v) is 7.22. The van der Waals surface area contributed by atoms with Crippen molar-refractivity contribution in [1.29, 1.82) is 0 Å². The number of nitrogens with one attached hydrogen (secondary N) is 1. The maximum atomic E-state index is 13.0. The molecule has 1 heterocycles. The first kappa shape index (κ1) is 15.0. The summed E-state index contributed by atoms with van der Waals surface area (Å²) in [6, 6.07) is 6.17. The third kappa shape index (κ3) is 3.79. The van der Waals surface area contributed by atoms with Crippen LogP contribution in [0.2, 0.25) is 0 Å². The lowest BCUT2D eigenvalue weighted by atomic mass is 9.87. The van der Waals surface area contributed by atoms with E-state index in [1.54, 1.807) is 12.1 Å².